The van der Waals surface area contributed by atoms with Crippen LogP contribution in [-0.2, 0) is 4.84 Å². The maximum absolute atomic E-state index is 10.2. The maximum Gasteiger partial charge on any atom is 0.294 e. The Hall–Kier alpha value is -0.800. The van der Waals surface area contributed by atoms with Crippen molar-refractivity contribution in [2.24, 2.45) is 23.7 Å². The van der Waals surface area contributed by atoms with E-state index < -0.39 is 5.09 Å². The first-order valence-corrected chi connectivity index (χ1v) is 4.42. The summed E-state index contributed by atoms with van der Waals surface area (Å²) in [6, 6.07) is 0. The van der Waals surface area contributed by atoms with E-state index in [1.807, 2.05) is 6.92 Å². The molecule has 0 amide bonds. The van der Waals surface area contributed by atoms with Crippen LogP contribution in [0.2, 0.25) is 0 Å². The van der Waals surface area contributed by atoms with Crippen molar-refractivity contribution in [3.8, 4) is 0 Å². The van der Waals surface area contributed by atoms with Crippen molar-refractivity contribution in [1.29, 1.82) is 0 Å². The van der Waals surface area contributed by atoms with Crippen LogP contribution in [0.1, 0.15) is 20.3 Å². The largest absolute Gasteiger partial charge is 0.310 e. The third-order valence-electron chi connectivity index (χ3n) is 3.54. The first kappa shape index (κ1) is 7.83. The van der Waals surface area contributed by atoms with Gasteiger partial charge in [0.1, 0.15) is 6.10 Å². The van der Waals surface area contributed by atoms with Crippen molar-refractivity contribution in [2.45, 2.75) is 26.4 Å². The quantitative estimate of drug-likeness (QED) is 0.467. The zero-order valence-electron chi connectivity index (χ0n) is 7.27. The highest BCUT2D eigenvalue weighted by atomic mass is 17.0. The Kier molecular flexibility index (Phi) is 1.53. The molecule has 0 aromatic carbocycles. The lowest BCUT2D eigenvalue weighted by Gasteiger charge is -2.19. The fourth-order valence-corrected chi connectivity index (χ4v) is 2.57. The van der Waals surface area contributed by atoms with Crippen molar-refractivity contribution in [1.82, 2.24) is 0 Å². The number of hydrogen-bond acceptors (Lipinski definition) is 3. The lowest BCUT2D eigenvalue weighted by atomic mass is 9.93. The normalized spacial score (nSPS) is 50.0. The first-order valence-electron chi connectivity index (χ1n) is 4.42. The molecule has 2 aliphatic carbocycles. The minimum atomic E-state index is -0.644. The zero-order chi connectivity index (χ0) is 8.88. The Morgan fingerprint density at radius 1 is 1.33 bits per heavy atom. The predicted octanol–water partition coefficient (Wildman–Crippen LogP) is 1.49. The molecule has 0 saturated heterocycles. The Morgan fingerprint density at radius 2 is 2.00 bits per heavy atom. The fourth-order valence-electron chi connectivity index (χ4n) is 2.57. The molecule has 2 aliphatic rings. The van der Waals surface area contributed by atoms with Crippen LogP contribution in [0.4, 0.5) is 0 Å². The second-order valence-corrected chi connectivity index (χ2v) is 4.08. The van der Waals surface area contributed by atoms with E-state index in [1.54, 1.807) is 0 Å². The van der Waals surface area contributed by atoms with Crippen molar-refractivity contribution in [3.05, 3.63) is 10.1 Å². The Morgan fingerprint density at radius 3 is 2.42 bits per heavy atom. The smallest absolute Gasteiger partial charge is 0.294 e. The highest BCUT2D eigenvalue weighted by Gasteiger charge is 2.57. The Labute approximate surface area is 71.0 Å². The average molecular weight is 171 g/mol. The van der Waals surface area contributed by atoms with Gasteiger partial charge in [-0.05, 0) is 30.1 Å². The number of fused-ring (bicyclic) bond motifs is 1. The minimum absolute atomic E-state index is 0.125. The molecule has 0 aromatic rings. The van der Waals surface area contributed by atoms with Gasteiger partial charge in [0.15, 0.2) is 0 Å². The molecule has 0 aliphatic heterocycles. The molecule has 0 aromatic heterocycles. The average Bonchev–Trinajstić information content (AvgIpc) is 2.71. The summed E-state index contributed by atoms with van der Waals surface area (Å²) >= 11 is 0. The van der Waals surface area contributed by atoms with Gasteiger partial charge in [0.25, 0.3) is 5.09 Å². The van der Waals surface area contributed by atoms with Gasteiger partial charge in [0.2, 0.25) is 0 Å². The van der Waals surface area contributed by atoms with Gasteiger partial charge in [-0.15, -0.1) is 10.1 Å². The molecule has 0 N–H and O–H groups in total. The van der Waals surface area contributed by atoms with Crippen molar-refractivity contribution < 1.29 is 9.92 Å². The third-order valence-corrected chi connectivity index (χ3v) is 3.54. The van der Waals surface area contributed by atoms with Crippen LogP contribution >= 0.6 is 0 Å². The maximum atomic E-state index is 10.2. The molecule has 4 nitrogen and oxygen atoms in total. The van der Waals surface area contributed by atoms with Crippen LogP contribution in [0.25, 0.3) is 0 Å². The summed E-state index contributed by atoms with van der Waals surface area (Å²) in [5, 5.41) is 9.51. The van der Waals surface area contributed by atoms with E-state index in [9.17, 15) is 10.1 Å². The second kappa shape index (κ2) is 2.34. The lowest BCUT2D eigenvalue weighted by Crippen LogP contribution is -2.25. The molecular formula is C8H13NO3. The van der Waals surface area contributed by atoms with Crippen molar-refractivity contribution in [2.75, 3.05) is 0 Å². The number of hydrogen-bond donors (Lipinski definition) is 0. The highest BCUT2D eigenvalue weighted by molar-refractivity contribution is 5.05. The van der Waals surface area contributed by atoms with E-state index in [0.29, 0.717) is 23.7 Å². The third kappa shape index (κ3) is 0.974. The molecule has 68 valence electrons. The van der Waals surface area contributed by atoms with E-state index >= 15 is 0 Å². The molecule has 2 saturated carbocycles. The predicted molar refractivity (Wildman–Crippen MR) is 41.8 cm³/mol. The van der Waals surface area contributed by atoms with Crippen LogP contribution in [0.5, 0.6) is 0 Å². The molecular weight excluding hydrogens is 158 g/mol. The number of rotatable bonds is 2. The van der Waals surface area contributed by atoms with Crippen LogP contribution < -0.4 is 0 Å². The Balaban J connectivity index is 2.02. The highest BCUT2D eigenvalue weighted by Crippen LogP contribution is 2.58. The fraction of sp³-hybridized carbons (Fsp3) is 1.00. The van der Waals surface area contributed by atoms with Crippen molar-refractivity contribution in [3.63, 3.8) is 0 Å². The monoisotopic (exact) mass is 171 g/mol. The summed E-state index contributed by atoms with van der Waals surface area (Å²) in [6.45, 7) is 4.21. The van der Waals surface area contributed by atoms with E-state index in [-0.39, 0.29) is 6.10 Å². The second-order valence-electron chi connectivity index (χ2n) is 4.08. The molecule has 0 spiro atoms. The summed E-state index contributed by atoms with van der Waals surface area (Å²) in [5.74, 6) is 2.12. The standard InChI is InChI=1S/C8H13NO3/c1-4-5(2)8(12-9(10)11)7-3-6(4)7/h4-8H,3H2,1-2H3. The van der Waals surface area contributed by atoms with E-state index in [2.05, 4.69) is 11.8 Å². The van der Waals surface area contributed by atoms with Gasteiger partial charge >= 0.3 is 0 Å². The Bertz CT molecular complexity index is 218. The topological polar surface area (TPSA) is 52.4 Å². The molecule has 12 heavy (non-hydrogen) atoms. The summed E-state index contributed by atoms with van der Waals surface area (Å²) < 4.78 is 0. The summed E-state index contributed by atoms with van der Waals surface area (Å²) in [7, 11) is 0. The van der Waals surface area contributed by atoms with Crippen molar-refractivity contribution >= 4 is 0 Å². The van der Waals surface area contributed by atoms with Gasteiger partial charge in [0, 0.05) is 0 Å². The molecule has 2 rings (SSSR count). The van der Waals surface area contributed by atoms with Crippen LogP contribution in [0.15, 0.2) is 0 Å². The molecule has 0 radical (unpaired) electrons. The van der Waals surface area contributed by atoms with Gasteiger partial charge in [0.05, 0.1) is 0 Å². The molecule has 5 unspecified atom stereocenters. The van der Waals surface area contributed by atoms with Gasteiger partial charge in [-0.1, -0.05) is 13.8 Å². The zero-order valence-corrected chi connectivity index (χ0v) is 7.27. The SMILES string of the molecule is CC1C(C)C(O[N+](=O)[O-])C2CC12. The van der Waals surface area contributed by atoms with Gasteiger partial charge < -0.3 is 4.84 Å². The molecule has 5 atom stereocenters. The van der Waals surface area contributed by atoms with E-state index in [0.717, 1.165) is 6.42 Å². The molecule has 0 bridgehead atoms. The van der Waals surface area contributed by atoms with Gasteiger partial charge in [-0.3, -0.25) is 0 Å². The summed E-state index contributed by atoms with van der Waals surface area (Å²) in [4.78, 5) is 14.8. The van der Waals surface area contributed by atoms with E-state index in [4.69, 9.17) is 0 Å². The van der Waals surface area contributed by atoms with Crippen LogP contribution in [0.3, 0.4) is 0 Å². The first-order chi connectivity index (χ1) is 5.61. The summed E-state index contributed by atoms with van der Waals surface area (Å²) in [5.41, 5.74) is 0. The molecule has 0 heterocycles. The minimum Gasteiger partial charge on any atom is -0.310 e. The van der Waals surface area contributed by atoms with Crippen LogP contribution in [-0.4, -0.2) is 11.2 Å². The van der Waals surface area contributed by atoms with Gasteiger partial charge in [-0.2, -0.15) is 0 Å². The van der Waals surface area contributed by atoms with Gasteiger partial charge in [-0.25, -0.2) is 0 Å². The van der Waals surface area contributed by atoms with E-state index in [1.165, 1.54) is 0 Å². The molecule has 2 fully saturated rings. The van der Waals surface area contributed by atoms with Crippen LogP contribution in [0, 0.1) is 33.8 Å². The number of nitrogens with zero attached hydrogens (tertiary/aromatic N) is 1. The summed E-state index contributed by atoms with van der Waals surface area (Å²) in [6.07, 6.45) is 1.00. The molecule has 4 heteroatoms. The lowest BCUT2D eigenvalue weighted by molar-refractivity contribution is -0.771.